The minimum absolute atomic E-state index is 0.678. The molecule has 0 fully saturated rings. The highest BCUT2D eigenvalue weighted by atomic mass is 32.1. The van der Waals surface area contributed by atoms with E-state index in [0.29, 0.717) is 5.69 Å². The Morgan fingerprint density at radius 1 is 1.31 bits per heavy atom. The summed E-state index contributed by atoms with van der Waals surface area (Å²) in [5.41, 5.74) is 8.66. The van der Waals surface area contributed by atoms with Gasteiger partial charge in [-0.1, -0.05) is 0 Å². The van der Waals surface area contributed by atoms with Gasteiger partial charge in [-0.3, -0.25) is 0 Å². The van der Waals surface area contributed by atoms with Crippen LogP contribution in [0, 0.1) is 6.92 Å². The molecule has 0 bridgehead atoms. The van der Waals surface area contributed by atoms with Crippen LogP contribution in [0.25, 0.3) is 10.4 Å². The van der Waals surface area contributed by atoms with Gasteiger partial charge in [-0.25, -0.2) is 0 Å². The Hall–Kier alpha value is -1.42. The monoisotopic (exact) mass is 191 g/mol. The van der Waals surface area contributed by atoms with Crippen LogP contribution in [0.2, 0.25) is 0 Å². The SMILES string of the molecule is Cc1csc(-c2cnncc2N)c1. The van der Waals surface area contributed by atoms with Crippen molar-refractivity contribution < 1.29 is 0 Å². The van der Waals surface area contributed by atoms with Crippen molar-refractivity contribution in [1.82, 2.24) is 10.2 Å². The van der Waals surface area contributed by atoms with Crippen LogP contribution in [0.15, 0.2) is 23.8 Å². The molecule has 2 aromatic rings. The predicted molar refractivity (Wildman–Crippen MR) is 54.5 cm³/mol. The first kappa shape index (κ1) is 8.19. The Morgan fingerprint density at radius 2 is 2.08 bits per heavy atom. The van der Waals surface area contributed by atoms with Gasteiger partial charge in [0.15, 0.2) is 0 Å². The van der Waals surface area contributed by atoms with E-state index in [2.05, 4.69) is 28.6 Å². The Balaban J connectivity index is 2.52. The molecule has 2 aromatic heterocycles. The van der Waals surface area contributed by atoms with Crippen molar-refractivity contribution in [2.24, 2.45) is 0 Å². The van der Waals surface area contributed by atoms with Gasteiger partial charge in [0.05, 0.1) is 18.1 Å². The maximum atomic E-state index is 5.77. The van der Waals surface area contributed by atoms with Crippen LogP contribution >= 0.6 is 11.3 Å². The molecule has 0 atom stereocenters. The summed E-state index contributed by atoms with van der Waals surface area (Å²) in [5.74, 6) is 0. The second-order valence-corrected chi connectivity index (χ2v) is 3.76. The number of hydrogen-bond acceptors (Lipinski definition) is 4. The summed E-state index contributed by atoms with van der Waals surface area (Å²) in [6.45, 7) is 2.06. The molecule has 2 heterocycles. The van der Waals surface area contributed by atoms with E-state index in [9.17, 15) is 0 Å². The Morgan fingerprint density at radius 3 is 2.69 bits per heavy atom. The number of nitrogens with two attached hydrogens (primary N) is 1. The number of rotatable bonds is 1. The van der Waals surface area contributed by atoms with Crippen LogP contribution in [-0.4, -0.2) is 10.2 Å². The lowest BCUT2D eigenvalue weighted by Gasteiger charge is -1.98. The van der Waals surface area contributed by atoms with Crippen molar-refractivity contribution in [1.29, 1.82) is 0 Å². The maximum absolute atomic E-state index is 5.77. The quantitative estimate of drug-likeness (QED) is 0.751. The summed E-state index contributed by atoms with van der Waals surface area (Å²) in [7, 11) is 0. The van der Waals surface area contributed by atoms with Crippen molar-refractivity contribution in [2.75, 3.05) is 5.73 Å². The largest absolute Gasteiger partial charge is 0.397 e. The lowest BCUT2D eigenvalue weighted by Crippen LogP contribution is -1.91. The molecule has 0 aromatic carbocycles. The lowest BCUT2D eigenvalue weighted by molar-refractivity contribution is 1.04. The number of nitrogens with zero attached hydrogens (tertiary/aromatic N) is 2. The zero-order chi connectivity index (χ0) is 9.26. The van der Waals surface area contributed by atoms with Crippen LogP contribution in [-0.2, 0) is 0 Å². The summed E-state index contributed by atoms with van der Waals surface area (Å²) >= 11 is 1.67. The molecule has 0 unspecified atom stereocenters. The second-order valence-electron chi connectivity index (χ2n) is 2.85. The summed E-state index contributed by atoms with van der Waals surface area (Å²) in [5, 5.41) is 9.61. The van der Waals surface area contributed by atoms with E-state index in [4.69, 9.17) is 5.73 Å². The van der Waals surface area contributed by atoms with Gasteiger partial charge in [0.2, 0.25) is 0 Å². The van der Waals surface area contributed by atoms with Crippen LogP contribution in [0.4, 0.5) is 5.69 Å². The van der Waals surface area contributed by atoms with Gasteiger partial charge >= 0.3 is 0 Å². The van der Waals surface area contributed by atoms with Crippen molar-refractivity contribution in [3.63, 3.8) is 0 Å². The average Bonchev–Trinajstić information content (AvgIpc) is 2.53. The highest BCUT2D eigenvalue weighted by Gasteiger charge is 2.04. The summed E-state index contributed by atoms with van der Waals surface area (Å²) < 4.78 is 0. The highest BCUT2D eigenvalue weighted by Crippen LogP contribution is 2.29. The van der Waals surface area contributed by atoms with E-state index in [0.717, 1.165) is 10.4 Å². The topological polar surface area (TPSA) is 51.8 Å². The molecule has 4 heteroatoms. The third-order valence-corrected chi connectivity index (χ3v) is 2.84. The standard InChI is InChI=1S/C9H9N3S/c1-6-2-9(13-5-6)7-3-11-12-4-8(7)10/h2-5H,1H3,(H2,10,11). The summed E-state index contributed by atoms with van der Waals surface area (Å²) in [4.78, 5) is 1.14. The summed E-state index contributed by atoms with van der Waals surface area (Å²) in [6, 6.07) is 2.10. The number of anilines is 1. The number of thiophene rings is 1. The third kappa shape index (κ3) is 1.53. The van der Waals surface area contributed by atoms with E-state index in [1.807, 2.05) is 0 Å². The van der Waals surface area contributed by atoms with E-state index >= 15 is 0 Å². The fourth-order valence-electron chi connectivity index (χ4n) is 1.11. The molecular formula is C9H9N3S. The van der Waals surface area contributed by atoms with Crippen molar-refractivity contribution in [3.05, 3.63) is 29.4 Å². The first-order chi connectivity index (χ1) is 6.27. The van der Waals surface area contributed by atoms with Crippen molar-refractivity contribution >= 4 is 17.0 Å². The molecule has 0 radical (unpaired) electrons. The summed E-state index contributed by atoms with van der Waals surface area (Å²) in [6.07, 6.45) is 3.27. The number of hydrogen-bond donors (Lipinski definition) is 1. The van der Waals surface area contributed by atoms with E-state index in [-0.39, 0.29) is 0 Å². The van der Waals surface area contributed by atoms with Crippen LogP contribution in [0.1, 0.15) is 5.56 Å². The average molecular weight is 191 g/mol. The fourth-order valence-corrected chi connectivity index (χ4v) is 2.04. The Labute approximate surface area is 80.2 Å². The molecular weight excluding hydrogens is 182 g/mol. The Bertz CT molecular complexity index is 422. The van der Waals surface area contributed by atoms with Gasteiger partial charge in [0.25, 0.3) is 0 Å². The minimum atomic E-state index is 0.678. The van der Waals surface area contributed by atoms with Gasteiger partial charge in [-0.2, -0.15) is 10.2 Å². The fraction of sp³-hybridized carbons (Fsp3) is 0.111. The molecule has 0 saturated carbocycles. The molecule has 0 amide bonds. The number of nitrogen functional groups attached to an aromatic ring is 1. The number of aromatic nitrogens is 2. The van der Waals surface area contributed by atoms with E-state index < -0.39 is 0 Å². The molecule has 2 N–H and O–H groups in total. The molecule has 0 spiro atoms. The van der Waals surface area contributed by atoms with E-state index in [1.54, 1.807) is 23.7 Å². The maximum Gasteiger partial charge on any atom is 0.0732 e. The van der Waals surface area contributed by atoms with Gasteiger partial charge in [0, 0.05) is 10.4 Å². The van der Waals surface area contributed by atoms with E-state index in [1.165, 1.54) is 5.56 Å². The number of aryl methyl sites for hydroxylation is 1. The molecule has 0 aliphatic heterocycles. The molecule has 13 heavy (non-hydrogen) atoms. The molecule has 0 aliphatic rings. The third-order valence-electron chi connectivity index (χ3n) is 1.76. The Kier molecular flexibility index (Phi) is 1.98. The molecule has 0 saturated heterocycles. The zero-order valence-corrected chi connectivity index (χ0v) is 8.01. The highest BCUT2D eigenvalue weighted by molar-refractivity contribution is 7.13. The minimum Gasteiger partial charge on any atom is -0.397 e. The van der Waals surface area contributed by atoms with Crippen LogP contribution in [0.5, 0.6) is 0 Å². The first-order valence-corrected chi connectivity index (χ1v) is 4.77. The smallest absolute Gasteiger partial charge is 0.0732 e. The second kappa shape index (κ2) is 3.14. The molecule has 3 nitrogen and oxygen atoms in total. The van der Waals surface area contributed by atoms with Crippen molar-refractivity contribution in [3.8, 4) is 10.4 Å². The molecule has 0 aliphatic carbocycles. The van der Waals surface area contributed by atoms with Gasteiger partial charge < -0.3 is 5.73 Å². The van der Waals surface area contributed by atoms with Gasteiger partial charge in [-0.15, -0.1) is 11.3 Å². The van der Waals surface area contributed by atoms with Gasteiger partial charge in [0.1, 0.15) is 0 Å². The zero-order valence-electron chi connectivity index (χ0n) is 7.19. The lowest BCUT2D eigenvalue weighted by atomic mass is 10.2. The normalized spacial score (nSPS) is 10.2. The molecule has 2 rings (SSSR count). The molecule has 66 valence electrons. The van der Waals surface area contributed by atoms with Gasteiger partial charge in [-0.05, 0) is 23.9 Å². The van der Waals surface area contributed by atoms with Crippen molar-refractivity contribution in [2.45, 2.75) is 6.92 Å². The predicted octanol–water partition coefficient (Wildman–Crippen LogP) is 2.10. The first-order valence-electron chi connectivity index (χ1n) is 3.89. The van der Waals surface area contributed by atoms with Crippen LogP contribution < -0.4 is 5.73 Å². The van der Waals surface area contributed by atoms with Crippen LogP contribution in [0.3, 0.4) is 0 Å².